The van der Waals surface area contributed by atoms with E-state index in [1.54, 1.807) is 12.3 Å². The zero-order valence-corrected chi connectivity index (χ0v) is 21.1. The molecular formula is C31H30N4O3. The first-order valence-corrected chi connectivity index (χ1v) is 13.1. The summed E-state index contributed by atoms with van der Waals surface area (Å²) in [7, 11) is 0. The Hall–Kier alpha value is -4.39. The second-order valence-corrected chi connectivity index (χ2v) is 10.3. The third-order valence-electron chi connectivity index (χ3n) is 7.84. The predicted octanol–water partition coefficient (Wildman–Crippen LogP) is 4.48. The number of ether oxygens (including phenoxy) is 1. The maximum atomic E-state index is 13.0. The minimum Gasteiger partial charge on any atom is -0.455 e. The molecule has 1 unspecified atom stereocenters. The molecule has 6 rings (SSSR count). The quantitative estimate of drug-likeness (QED) is 0.507. The van der Waals surface area contributed by atoms with Crippen molar-refractivity contribution in [2.45, 2.75) is 37.2 Å². The van der Waals surface area contributed by atoms with Crippen molar-refractivity contribution in [3.8, 4) is 0 Å². The Morgan fingerprint density at radius 3 is 2.55 bits per heavy atom. The third kappa shape index (κ3) is 4.67. The number of amides is 1. The molecule has 2 aliphatic heterocycles. The number of hydrogen-bond acceptors (Lipinski definition) is 6. The zero-order chi connectivity index (χ0) is 26.1. The molecule has 1 aromatic heterocycles. The van der Waals surface area contributed by atoms with Crippen LogP contribution in [-0.2, 0) is 11.2 Å². The van der Waals surface area contributed by atoms with E-state index in [-0.39, 0.29) is 17.8 Å². The summed E-state index contributed by atoms with van der Waals surface area (Å²) in [6.45, 7) is 1.45. The molecule has 3 N–H and O–H groups in total. The van der Waals surface area contributed by atoms with Crippen LogP contribution in [0.1, 0.15) is 57.0 Å². The van der Waals surface area contributed by atoms with E-state index in [0.717, 1.165) is 49.4 Å². The number of allylic oxidation sites excluding steroid dienone is 3. The van der Waals surface area contributed by atoms with Gasteiger partial charge < -0.3 is 20.7 Å². The van der Waals surface area contributed by atoms with Gasteiger partial charge in [-0.15, -0.1) is 0 Å². The molecule has 1 fully saturated rings. The Labute approximate surface area is 222 Å². The molecule has 1 saturated heterocycles. The van der Waals surface area contributed by atoms with Crippen molar-refractivity contribution < 1.29 is 14.3 Å². The van der Waals surface area contributed by atoms with Gasteiger partial charge >= 0.3 is 5.97 Å². The number of benzene rings is 2. The number of rotatable bonds is 4. The number of piperidine rings is 1. The van der Waals surface area contributed by atoms with Crippen LogP contribution in [0.3, 0.4) is 0 Å². The minimum absolute atomic E-state index is 0.165. The van der Waals surface area contributed by atoms with Gasteiger partial charge in [-0.3, -0.25) is 4.79 Å². The number of carbonyl (C=O) groups is 2. The predicted molar refractivity (Wildman–Crippen MR) is 146 cm³/mol. The van der Waals surface area contributed by atoms with Gasteiger partial charge in [0.15, 0.2) is 0 Å². The van der Waals surface area contributed by atoms with Crippen LogP contribution < -0.4 is 16.0 Å². The van der Waals surface area contributed by atoms with Gasteiger partial charge in [0.25, 0.3) is 5.91 Å². The van der Waals surface area contributed by atoms with Crippen LogP contribution in [0.2, 0.25) is 0 Å². The number of carbonyl (C=O) groups excluding carboxylic acids is 2. The molecule has 2 aromatic carbocycles. The van der Waals surface area contributed by atoms with Gasteiger partial charge in [0.05, 0.1) is 16.8 Å². The lowest BCUT2D eigenvalue weighted by molar-refractivity contribution is -0.0369. The molecule has 1 atom stereocenters. The van der Waals surface area contributed by atoms with Crippen LogP contribution in [0.15, 0.2) is 96.5 Å². The van der Waals surface area contributed by atoms with E-state index in [1.165, 1.54) is 5.56 Å². The molecule has 3 aliphatic rings. The Balaban J connectivity index is 1.08. The summed E-state index contributed by atoms with van der Waals surface area (Å²) in [4.78, 5) is 32.3. The molecule has 0 saturated carbocycles. The Kier molecular flexibility index (Phi) is 6.19. The summed E-state index contributed by atoms with van der Waals surface area (Å²) in [6.07, 6.45) is 8.40. The number of nitrogens with one attached hydrogen (secondary N) is 1. The molecular weight excluding hydrogens is 476 g/mol. The van der Waals surface area contributed by atoms with Gasteiger partial charge in [0, 0.05) is 50.2 Å². The van der Waals surface area contributed by atoms with Crippen molar-refractivity contribution in [2.75, 3.05) is 18.0 Å². The fraction of sp³-hybridized carbons (Fsp3) is 0.258. The number of nitrogens with zero attached hydrogens (tertiary/aromatic N) is 2. The van der Waals surface area contributed by atoms with Gasteiger partial charge in [-0.2, -0.15) is 0 Å². The first kappa shape index (κ1) is 24.0. The molecule has 7 nitrogen and oxygen atoms in total. The van der Waals surface area contributed by atoms with Gasteiger partial charge in [-0.25, -0.2) is 9.78 Å². The van der Waals surface area contributed by atoms with Crippen LogP contribution in [-0.4, -0.2) is 35.6 Å². The number of fused-ring (bicyclic) bond motifs is 1. The van der Waals surface area contributed by atoms with E-state index >= 15 is 0 Å². The first-order chi connectivity index (χ1) is 18.5. The van der Waals surface area contributed by atoms with E-state index in [2.05, 4.69) is 33.4 Å². The van der Waals surface area contributed by atoms with E-state index in [9.17, 15) is 9.59 Å². The molecule has 38 heavy (non-hydrogen) atoms. The topological polar surface area (TPSA) is 97.6 Å². The summed E-state index contributed by atoms with van der Waals surface area (Å²) in [5.41, 5.74) is 10.4. The highest BCUT2D eigenvalue weighted by atomic mass is 16.6. The largest absolute Gasteiger partial charge is 0.455 e. The van der Waals surface area contributed by atoms with Gasteiger partial charge in [0.2, 0.25) is 0 Å². The average Bonchev–Trinajstić information content (AvgIpc) is 2.95. The van der Waals surface area contributed by atoms with Gasteiger partial charge in [-0.1, -0.05) is 54.6 Å². The molecule has 3 aromatic rings. The molecule has 0 radical (unpaired) electrons. The summed E-state index contributed by atoms with van der Waals surface area (Å²) in [5, 5.41) is 3.00. The van der Waals surface area contributed by atoms with Crippen LogP contribution in [0.4, 0.5) is 5.82 Å². The molecule has 1 spiro atoms. The monoisotopic (exact) mass is 506 g/mol. The van der Waals surface area contributed by atoms with Gasteiger partial charge in [0.1, 0.15) is 11.4 Å². The second-order valence-electron chi connectivity index (χ2n) is 10.3. The highest BCUT2D eigenvalue weighted by Gasteiger charge is 2.42. The minimum atomic E-state index is -0.457. The summed E-state index contributed by atoms with van der Waals surface area (Å²) < 4.78 is 5.93. The summed E-state index contributed by atoms with van der Waals surface area (Å²) in [6, 6.07) is 21.5. The Morgan fingerprint density at radius 2 is 1.79 bits per heavy atom. The average molecular weight is 507 g/mol. The molecule has 192 valence electrons. The van der Waals surface area contributed by atoms with E-state index in [1.807, 2.05) is 54.6 Å². The van der Waals surface area contributed by atoms with Crippen molar-refractivity contribution in [1.29, 1.82) is 0 Å². The van der Waals surface area contributed by atoms with E-state index in [4.69, 9.17) is 10.5 Å². The normalized spacial score (nSPS) is 20.2. The highest BCUT2D eigenvalue weighted by Crippen LogP contribution is 2.37. The second kappa shape index (κ2) is 9.82. The molecule has 3 heterocycles. The van der Waals surface area contributed by atoms with Crippen LogP contribution in [0.25, 0.3) is 0 Å². The third-order valence-corrected chi connectivity index (χ3v) is 7.84. The molecule has 1 aliphatic carbocycles. The maximum Gasteiger partial charge on any atom is 0.338 e. The van der Waals surface area contributed by atoms with Crippen molar-refractivity contribution in [3.05, 3.63) is 119 Å². The van der Waals surface area contributed by atoms with Crippen LogP contribution in [0, 0.1) is 0 Å². The molecule has 7 heteroatoms. The lowest BCUT2D eigenvalue weighted by atomic mass is 9.81. The Bertz CT molecular complexity index is 1420. The number of pyridine rings is 1. The standard InChI is InChI=1S/C31H30N4O3/c32-26-12-10-22(21-6-2-1-3-7-21)18-27(26)34-29(36)24-11-13-28(33-20-24)35-16-14-31(15-17-35)19-23-8-4-5-9-25(23)30(37)38-31/h1-13,20,22H,14-19,32H2,(H,34,36). The summed E-state index contributed by atoms with van der Waals surface area (Å²) in [5.74, 6) is 0.517. The number of anilines is 1. The molecule has 1 amide bonds. The lowest BCUT2D eigenvalue weighted by Crippen LogP contribution is -2.50. The number of esters is 1. The SMILES string of the molecule is NC1=C(NC(=O)c2ccc(N3CCC4(CC3)Cc3ccccc3C(=O)O4)nc2)CC(c2ccccc2)C=C1. The maximum absolute atomic E-state index is 13.0. The zero-order valence-electron chi connectivity index (χ0n) is 21.1. The lowest BCUT2D eigenvalue weighted by Gasteiger charge is -2.44. The fourth-order valence-corrected chi connectivity index (χ4v) is 5.63. The number of nitrogens with two attached hydrogens (primary N) is 1. The number of aromatic nitrogens is 1. The first-order valence-electron chi connectivity index (χ1n) is 13.1. The van der Waals surface area contributed by atoms with Gasteiger partial charge in [-0.05, 0) is 41.8 Å². The van der Waals surface area contributed by atoms with Crippen LogP contribution in [0.5, 0.6) is 0 Å². The number of hydrogen-bond donors (Lipinski definition) is 2. The smallest absolute Gasteiger partial charge is 0.338 e. The van der Waals surface area contributed by atoms with Crippen molar-refractivity contribution in [2.24, 2.45) is 5.73 Å². The van der Waals surface area contributed by atoms with E-state index < -0.39 is 5.60 Å². The van der Waals surface area contributed by atoms with Crippen molar-refractivity contribution in [3.63, 3.8) is 0 Å². The highest BCUT2D eigenvalue weighted by molar-refractivity contribution is 5.95. The van der Waals surface area contributed by atoms with Crippen molar-refractivity contribution >= 4 is 17.7 Å². The van der Waals surface area contributed by atoms with E-state index in [0.29, 0.717) is 23.2 Å². The molecule has 0 bridgehead atoms. The Morgan fingerprint density at radius 1 is 1.03 bits per heavy atom. The summed E-state index contributed by atoms with van der Waals surface area (Å²) >= 11 is 0. The van der Waals surface area contributed by atoms with Crippen LogP contribution >= 0.6 is 0 Å². The van der Waals surface area contributed by atoms with Crippen molar-refractivity contribution in [1.82, 2.24) is 10.3 Å². The fourth-order valence-electron chi connectivity index (χ4n) is 5.63.